The highest BCUT2D eigenvalue weighted by molar-refractivity contribution is 6.00. The zero-order chi connectivity index (χ0) is 24.4. The Balaban J connectivity index is 1.26. The minimum atomic E-state index is -0.868. The Bertz CT molecular complexity index is 1330. The van der Waals surface area contributed by atoms with Crippen molar-refractivity contribution < 1.29 is 19.1 Å². The van der Waals surface area contributed by atoms with Crippen LogP contribution in [0.15, 0.2) is 48.8 Å². The van der Waals surface area contributed by atoms with Crippen LogP contribution in [0.2, 0.25) is 0 Å². The number of ether oxygens (including phenoxy) is 2. The Kier molecular flexibility index (Phi) is 6.21. The van der Waals surface area contributed by atoms with Crippen LogP contribution in [-0.2, 0) is 16.0 Å². The lowest BCUT2D eigenvalue weighted by molar-refractivity contribution is -0.120. The monoisotopic (exact) mass is 471 g/mol. The van der Waals surface area contributed by atoms with Crippen molar-refractivity contribution in [1.29, 1.82) is 0 Å². The predicted octanol–water partition coefficient (Wildman–Crippen LogP) is 2.16. The Morgan fingerprint density at radius 2 is 2.09 bits per heavy atom. The van der Waals surface area contributed by atoms with Crippen LogP contribution in [0.1, 0.15) is 22.5 Å². The van der Waals surface area contributed by atoms with Gasteiger partial charge in [-0.1, -0.05) is 17.9 Å². The van der Waals surface area contributed by atoms with Gasteiger partial charge in [0.05, 0.1) is 31.0 Å². The summed E-state index contributed by atoms with van der Waals surface area (Å²) in [6.45, 7) is 3.25. The minimum Gasteiger partial charge on any atom is -0.489 e. The van der Waals surface area contributed by atoms with Crippen molar-refractivity contribution in [2.75, 3.05) is 31.8 Å². The van der Waals surface area contributed by atoms with E-state index in [2.05, 4.69) is 27.2 Å². The Morgan fingerprint density at radius 3 is 2.86 bits per heavy atom. The highest BCUT2D eigenvalue weighted by Gasteiger charge is 2.31. The third kappa shape index (κ3) is 5.03. The van der Waals surface area contributed by atoms with Gasteiger partial charge in [0.1, 0.15) is 18.4 Å². The minimum absolute atomic E-state index is 0.00763. The van der Waals surface area contributed by atoms with Crippen molar-refractivity contribution in [3.63, 3.8) is 0 Å². The van der Waals surface area contributed by atoms with Crippen LogP contribution < -0.4 is 15.0 Å². The molecular weight excluding hydrogens is 446 g/mol. The topological polar surface area (TPSA) is 98.6 Å². The molecule has 3 aromatic rings. The van der Waals surface area contributed by atoms with Gasteiger partial charge in [0.15, 0.2) is 0 Å². The molecule has 0 unspecified atom stereocenters. The standard InChI is InChI=1S/C26H25N5O4/c1-17-4-3-5-21(28-17)10-20-12-27-31(13-20)26(33)29-22-16-35-24-9-8-18(6-7-19-14-34-15-19)11-23(24)30(2)25(22)32/h3-5,8-9,11-13,19,22H,10,14-16H2,1-2H3,(H,29,33)/t22-/m0/s1. The van der Waals surface area contributed by atoms with Gasteiger partial charge in [-0.3, -0.25) is 9.78 Å². The maximum atomic E-state index is 13.1. The molecule has 9 heteroatoms. The summed E-state index contributed by atoms with van der Waals surface area (Å²) in [7, 11) is 1.66. The number of fused-ring (bicyclic) bond motifs is 1. The van der Waals surface area contributed by atoms with Gasteiger partial charge < -0.3 is 19.7 Å². The summed E-state index contributed by atoms with van der Waals surface area (Å²) in [6, 6.07) is 9.90. The molecule has 0 aliphatic carbocycles. The van der Waals surface area contributed by atoms with Gasteiger partial charge in [-0.2, -0.15) is 9.78 Å². The molecule has 9 nitrogen and oxygen atoms in total. The first-order valence-corrected chi connectivity index (χ1v) is 11.4. The number of hydrogen-bond acceptors (Lipinski definition) is 6. The first-order chi connectivity index (χ1) is 17.0. The van der Waals surface area contributed by atoms with E-state index in [4.69, 9.17) is 9.47 Å². The molecule has 5 rings (SSSR count). The van der Waals surface area contributed by atoms with Gasteiger partial charge in [0.2, 0.25) is 0 Å². The zero-order valence-corrected chi connectivity index (χ0v) is 19.5. The summed E-state index contributed by atoms with van der Waals surface area (Å²) >= 11 is 0. The highest BCUT2D eigenvalue weighted by atomic mass is 16.5. The number of hydrogen-bond donors (Lipinski definition) is 1. The molecule has 1 N–H and O–H groups in total. The van der Waals surface area contributed by atoms with Gasteiger partial charge in [-0.05, 0) is 42.8 Å². The van der Waals surface area contributed by atoms with Gasteiger partial charge in [0.25, 0.3) is 5.91 Å². The Hall–Kier alpha value is -4.16. The number of benzene rings is 1. The molecule has 178 valence electrons. The molecule has 0 bridgehead atoms. The van der Waals surface area contributed by atoms with Crippen molar-refractivity contribution in [2.24, 2.45) is 5.92 Å². The molecule has 0 radical (unpaired) electrons. The van der Waals surface area contributed by atoms with Gasteiger partial charge in [-0.15, -0.1) is 0 Å². The number of nitrogens with one attached hydrogen (secondary N) is 1. The molecule has 2 aromatic heterocycles. The van der Waals surface area contributed by atoms with E-state index in [0.717, 1.165) is 22.5 Å². The zero-order valence-electron chi connectivity index (χ0n) is 19.5. The van der Waals surface area contributed by atoms with Crippen molar-refractivity contribution >= 4 is 17.6 Å². The lowest BCUT2D eigenvalue weighted by atomic mass is 10.1. The fraction of sp³-hybridized carbons (Fsp3) is 0.308. The van der Waals surface area contributed by atoms with Crippen molar-refractivity contribution in [3.8, 4) is 17.6 Å². The normalized spacial score (nSPS) is 17.4. The Labute approximate surface area is 203 Å². The van der Waals surface area contributed by atoms with E-state index < -0.39 is 12.1 Å². The van der Waals surface area contributed by atoms with Gasteiger partial charge in [-0.25, -0.2) is 4.79 Å². The van der Waals surface area contributed by atoms with Crippen molar-refractivity contribution in [1.82, 2.24) is 20.1 Å². The number of nitrogens with zero attached hydrogens (tertiary/aromatic N) is 4. The summed E-state index contributed by atoms with van der Waals surface area (Å²) in [5, 5.41) is 6.89. The number of pyridine rings is 1. The molecule has 0 spiro atoms. The number of carbonyl (C=O) groups is 2. The average molecular weight is 472 g/mol. The fourth-order valence-electron chi connectivity index (χ4n) is 3.87. The van der Waals surface area contributed by atoms with Gasteiger partial charge in [0, 0.05) is 36.6 Å². The summed E-state index contributed by atoms with van der Waals surface area (Å²) in [5.74, 6) is 6.82. The van der Waals surface area contributed by atoms with Gasteiger partial charge >= 0.3 is 6.03 Å². The maximum absolute atomic E-state index is 13.1. The SMILES string of the molecule is Cc1cccc(Cc2cnn(C(=O)N[C@H]3COc4ccc(C#CC5COC5)cc4N(C)C3=O)c2)n1. The van der Waals surface area contributed by atoms with Crippen LogP contribution in [-0.4, -0.2) is 59.6 Å². The third-order valence-electron chi connectivity index (χ3n) is 5.89. The third-order valence-corrected chi connectivity index (χ3v) is 5.89. The molecule has 2 amide bonds. The van der Waals surface area contributed by atoms with Crippen LogP contribution in [0.25, 0.3) is 0 Å². The number of anilines is 1. The van der Waals surface area contributed by atoms with Crippen LogP contribution in [0.5, 0.6) is 5.75 Å². The lowest BCUT2D eigenvalue weighted by Crippen LogP contribution is -2.50. The first-order valence-electron chi connectivity index (χ1n) is 11.4. The number of rotatable bonds is 3. The summed E-state index contributed by atoms with van der Waals surface area (Å²) in [5.41, 5.74) is 4.05. The molecule has 0 saturated carbocycles. The highest BCUT2D eigenvalue weighted by Crippen LogP contribution is 2.31. The quantitative estimate of drug-likeness (QED) is 0.588. The van der Waals surface area contributed by atoms with E-state index in [-0.39, 0.29) is 18.4 Å². The van der Waals surface area contributed by atoms with Crippen molar-refractivity contribution in [2.45, 2.75) is 19.4 Å². The number of carbonyl (C=O) groups excluding carboxylic acids is 2. The average Bonchev–Trinajstić information content (AvgIpc) is 3.24. The molecule has 35 heavy (non-hydrogen) atoms. The number of likely N-dealkylation sites (N-methyl/N-ethyl adjacent to an activating group) is 1. The Morgan fingerprint density at radius 1 is 1.23 bits per heavy atom. The molecular formula is C26H25N5O4. The van der Waals surface area contributed by atoms with E-state index in [1.807, 2.05) is 37.3 Å². The van der Waals surface area contributed by atoms with E-state index in [1.165, 1.54) is 9.58 Å². The van der Waals surface area contributed by atoms with Crippen LogP contribution in [0, 0.1) is 24.7 Å². The van der Waals surface area contributed by atoms with Crippen LogP contribution in [0.4, 0.5) is 10.5 Å². The second kappa shape index (κ2) is 9.60. The van der Waals surface area contributed by atoms with Crippen molar-refractivity contribution in [3.05, 3.63) is 71.3 Å². The smallest absolute Gasteiger partial charge is 0.342 e. The number of amides is 2. The molecule has 1 fully saturated rings. The summed E-state index contributed by atoms with van der Waals surface area (Å²) < 4.78 is 12.2. The largest absolute Gasteiger partial charge is 0.489 e. The first kappa shape index (κ1) is 22.6. The lowest BCUT2D eigenvalue weighted by Gasteiger charge is -2.21. The molecule has 1 aromatic carbocycles. The summed E-state index contributed by atoms with van der Waals surface area (Å²) in [6.07, 6.45) is 3.81. The second-order valence-corrected chi connectivity index (χ2v) is 8.64. The van der Waals surface area contributed by atoms with Crippen LogP contribution >= 0.6 is 0 Å². The number of aryl methyl sites for hydroxylation is 1. The molecule has 2 aliphatic rings. The number of aromatic nitrogens is 3. The molecule has 2 aliphatic heterocycles. The molecule has 4 heterocycles. The second-order valence-electron chi connectivity index (χ2n) is 8.64. The van der Waals surface area contributed by atoms with E-state index in [9.17, 15) is 9.59 Å². The fourth-order valence-corrected chi connectivity index (χ4v) is 3.87. The van der Waals surface area contributed by atoms with Crippen LogP contribution in [0.3, 0.4) is 0 Å². The van der Waals surface area contributed by atoms with E-state index in [1.54, 1.807) is 25.5 Å². The summed E-state index contributed by atoms with van der Waals surface area (Å²) in [4.78, 5) is 31.9. The predicted molar refractivity (Wildman–Crippen MR) is 128 cm³/mol. The maximum Gasteiger partial charge on any atom is 0.342 e. The van der Waals surface area contributed by atoms with E-state index >= 15 is 0 Å². The molecule has 1 saturated heterocycles. The van der Waals surface area contributed by atoms with E-state index in [0.29, 0.717) is 31.1 Å². The molecule has 1 atom stereocenters.